The predicted molar refractivity (Wildman–Crippen MR) is 66.4 cm³/mol. The van der Waals surface area contributed by atoms with Crippen LogP contribution in [-0.2, 0) is 4.79 Å². The number of ether oxygens (including phenoxy) is 3. The minimum Gasteiger partial charge on any atom is -0.493 e. The molecule has 0 saturated heterocycles. The summed E-state index contributed by atoms with van der Waals surface area (Å²) in [6.45, 7) is 0.145. The minimum atomic E-state index is -0.667. The Morgan fingerprint density at radius 3 is 2.56 bits per heavy atom. The Balaban J connectivity index is 2.52. The summed E-state index contributed by atoms with van der Waals surface area (Å²) in [6, 6.07) is 2.72. The van der Waals surface area contributed by atoms with E-state index in [9.17, 15) is 4.79 Å². The van der Waals surface area contributed by atoms with Gasteiger partial charge in [0.2, 0.25) is 5.91 Å². The van der Waals surface area contributed by atoms with Crippen LogP contribution in [0.5, 0.6) is 17.2 Å². The molecule has 0 bridgehead atoms. The highest BCUT2D eigenvalue weighted by molar-refractivity contribution is 5.99. The highest BCUT2D eigenvalue weighted by Crippen LogP contribution is 2.40. The zero-order chi connectivity index (χ0) is 13.3. The van der Waals surface area contributed by atoms with Gasteiger partial charge in [-0.1, -0.05) is 0 Å². The van der Waals surface area contributed by atoms with Gasteiger partial charge in [0.1, 0.15) is 18.4 Å². The van der Waals surface area contributed by atoms with E-state index < -0.39 is 6.04 Å². The predicted octanol–water partition coefficient (Wildman–Crippen LogP) is 0.386. The van der Waals surface area contributed by atoms with Gasteiger partial charge in [-0.2, -0.15) is 0 Å². The van der Waals surface area contributed by atoms with E-state index in [0.29, 0.717) is 22.9 Å². The molecule has 1 atom stereocenters. The van der Waals surface area contributed by atoms with Gasteiger partial charge in [-0.25, -0.2) is 0 Å². The first kappa shape index (κ1) is 12.5. The van der Waals surface area contributed by atoms with Gasteiger partial charge in [0, 0.05) is 19.2 Å². The second-order valence-electron chi connectivity index (χ2n) is 3.99. The molecule has 2 rings (SSSR count). The van der Waals surface area contributed by atoms with E-state index >= 15 is 0 Å². The van der Waals surface area contributed by atoms with Gasteiger partial charge < -0.3 is 24.8 Å². The third-order valence-electron chi connectivity index (χ3n) is 2.89. The first-order valence-electron chi connectivity index (χ1n) is 5.50. The first-order chi connectivity index (χ1) is 8.58. The molecule has 2 N–H and O–H groups in total. The number of anilines is 1. The van der Waals surface area contributed by atoms with Crippen molar-refractivity contribution in [3.05, 3.63) is 12.1 Å². The number of amides is 1. The standard InChI is InChI=1S/C12H16N2O4/c1-14-8-4-10(16-2)11(17-3)5-9(8)18-6-7(13)12(14)15/h4-5,7H,6,13H2,1-3H3. The van der Waals surface area contributed by atoms with Gasteiger partial charge in [0.15, 0.2) is 11.5 Å². The number of likely N-dealkylation sites (N-methyl/N-ethyl adjacent to an activating group) is 1. The van der Waals surface area contributed by atoms with Crippen LogP contribution in [0.1, 0.15) is 0 Å². The van der Waals surface area contributed by atoms with E-state index in [0.717, 1.165) is 0 Å². The van der Waals surface area contributed by atoms with Crippen molar-refractivity contribution in [3.8, 4) is 17.2 Å². The second-order valence-corrected chi connectivity index (χ2v) is 3.99. The van der Waals surface area contributed by atoms with Crippen LogP contribution < -0.4 is 24.8 Å². The molecule has 1 aliphatic heterocycles. The van der Waals surface area contributed by atoms with Crippen molar-refractivity contribution in [3.63, 3.8) is 0 Å². The Hall–Kier alpha value is -1.95. The number of carbonyl (C=O) groups is 1. The number of hydrogen-bond acceptors (Lipinski definition) is 5. The SMILES string of the molecule is COc1cc2c(cc1OC)N(C)C(=O)C(N)CO2. The van der Waals surface area contributed by atoms with Gasteiger partial charge in [-0.05, 0) is 0 Å². The Bertz CT molecular complexity index is 475. The molecule has 1 aliphatic rings. The van der Waals surface area contributed by atoms with Gasteiger partial charge in [0.05, 0.1) is 19.9 Å². The zero-order valence-corrected chi connectivity index (χ0v) is 10.6. The summed E-state index contributed by atoms with van der Waals surface area (Å²) in [7, 11) is 4.73. The van der Waals surface area contributed by atoms with Crippen LogP contribution in [0.2, 0.25) is 0 Å². The van der Waals surface area contributed by atoms with Crippen LogP contribution in [0.4, 0.5) is 5.69 Å². The number of fused-ring (bicyclic) bond motifs is 1. The smallest absolute Gasteiger partial charge is 0.247 e. The molecular formula is C12H16N2O4. The lowest BCUT2D eigenvalue weighted by Crippen LogP contribution is -2.43. The monoisotopic (exact) mass is 252 g/mol. The molecule has 1 aromatic rings. The molecule has 0 spiro atoms. The summed E-state index contributed by atoms with van der Waals surface area (Å²) < 4.78 is 15.9. The highest BCUT2D eigenvalue weighted by atomic mass is 16.5. The zero-order valence-electron chi connectivity index (χ0n) is 10.6. The van der Waals surface area contributed by atoms with Crippen LogP contribution in [0, 0.1) is 0 Å². The molecule has 1 amide bonds. The molecule has 1 unspecified atom stereocenters. The van der Waals surface area contributed by atoms with E-state index in [4.69, 9.17) is 19.9 Å². The maximum atomic E-state index is 11.9. The molecule has 1 heterocycles. The number of methoxy groups -OCH3 is 2. The van der Waals surface area contributed by atoms with Crippen LogP contribution in [-0.4, -0.2) is 39.8 Å². The molecule has 6 heteroatoms. The quantitative estimate of drug-likeness (QED) is 0.824. The fourth-order valence-corrected chi connectivity index (χ4v) is 1.85. The molecule has 98 valence electrons. The molecule has 0 saturated carbocycles. The minimum absolute atomic E-state index is 0.145. The van der Waals surface area contributed by atoms with Gasteiger partial charge in [-0.15, -0.1) is 0 Å². The fourth-order valence-electron chi connectivity index (χ4n) is 1.85. The maximum Gasteiger partial charge on any atom is 0.247 e. The lowest BCUT2D eigenvalue weighted by atomic mass is 10.2. The third kappa shape index (κ3) is 1.95. The number of nitrogens with two attached hydrogens (primary N) is 1. The summed E-state index contributed by atoms with van der Waals surface area (Å²) in [4.78, 5) is 13.4. The van der Waals surface area contributed by atoms with Crippen molar-refractivity contribution >= 4 is 11.6 Å². The van der Waals surface area contributed by atoms with Crippen molar-refractivity contribution in [2.24, 2.45) is 5.73 Å². The molecule has 0 aliphatic carbocycles. The van der Waals surface area contributed by atoms with Crippen molar-refractivity contribution in [1.82, 2.24) is 0 Å². The van der Waals surface area contributed by atoms with Crippen molar-refractivity contribution < 1.29 is 19.0 Å². The van der Waals surface area contributed by atoms with E-state index in [1.165, 1.54) is 12.0 Å². The maximum absolute atomic E-state index is 11.9. The largest absolute Gasteiger partial charge is 0.493 e. The van der Waals surface area contributed by atoms with Gasteiger partial charge in [0.25, 0.3) is 0 Å². The van der Waals surface area contributed by atoms with E-state index in [1.807, 2.05) is 0 Å². The van der Waals surface area contributed by atoms with Crippen molar-refractivity contribution in [1.29, 1.82) is 0 Å². The molecule has 18 heavy (non-hydrogen) atoms. The normalized spacial score (nSPS) is 18.8. The fraction of sp³-hybridized carbons (Fsp3) is 0.417. The van der Waals surface area contributed by atoms with E-state index in [-0.39, 0.29) is 12.5 Å². The van der Waals surface area contributed by atoms with Crippen LogP contribution >= 0.6 is 0 Å². The second kappa shape index (κ2) is 4.73. The Kier molecular flexibility index (Phi) is 3.29. The lowest BCUT2D eigenvalue weighted by Gasteiger charge is -2.19. The Labute approximate surface area is 105 Å². The summed E-state index contributed by atoms with van der Waals surface area (Å²) in [5.74, 6) is 1.44. The van der Waals surface area contributed by atoms with E-state index in [2.05, 4.69) is 0 Å². The number of rotatable bonds is 2. The van der Waals surface area contributed by atoms with Crippen LogP contribution in [0.15, 0.2) is 12.1 Å². The average molecular weight is 252 g/mol. The topological polar surface area (TPSA) is 74.0 Å². The average Bonchev–Trinajstić information content (AvgIpc) is 2.50. The van der Waals surface area contributed by atoms with Gasteiger partial charge in [-0.3, -0.25) is 4.79 Å². The van der Waals surface area contributed by atoms with Crippen LogP contribution in [0.3, 0.4) is 0 Å². The Morgan fingerprint density at radius 2 is 1.94 bits per heavy atom. The Morgan fingerprint density at radius 1 is 1.33 bits per heavy atom. The third-order valence-corrected chi connectivity index (χ3v) is 2.89. The van der Waals surface area contributed by atoms with E-state index in [1.54, 1.807) is 26.3 Å². The number of benzene rings is 1. The molecule has 0 radical (unpaired) electrons. The van der Waals surface area contributed by atoms with Crippen molar-refractivity contribution in [2.75, 3.05) is 32.8 Å². The lowest BCUT2D eigenvalue weighted by molar-refractivity contribution is -0.119. The summed E-state index contributed by atoms with van der Waals surface area (Å²) in [5.41, 5.74) is 6.33. The highest BCUT2D eigenvalue weighted by Gasteiger charge is 2.28. The number of nitrogens with zero attached hydrogens (tertiary/aromatic N) is 1. The number of carbonyl (C=O) groups excluding carboxylic acids is 1. The molecule has 1 aromatic carbocycles. The summed E-state index contributed by atoms with van der Waals surface area (Å²) >= 11 is 0. The van der Waals surface area contributed by atoms with Crippen molar-refractivity contribution in [2.45, 2.75) is 6.04 Å². The molecule has 0 aromatic heterocycles. The summed E-state index contributed by atoms with van der Waals surface area (Å²) in [5, 5.41) is 0. The first-order valence-corrected chi connectivity index (χ1v) is 5.50. The molecular weight excluding hydrogens is 236 g/mol. The molecule has 0 fully saturated rings. The van der Waals surface area contributed by atoms with Crippen LogP contribution in [0.25, 0.3) is 0 Å². The summed E-state index contributed by atoms with van der Waals surface area (Å²) in [6.07, 6.45) is 0. The molecule has 6 nitrogen and oxygen atoms in total. The van der Waals surface area contributed by atoms with Gasteiger partial charge >= 0.3 is 0 Å². The number of hydrogen-bond donors (Lipinski definition) is 1.